The number of hydrogen-bond donors (Lipinski definition) is 0. The van der Waals surface area contributed by atoms with E-state index in [1.54, 1.807) is 0 Å². The fourth-order valence-electron chi connectivity index (χ4n) is 1.48. The van der Waals surface area contributed by atoms with Gasteiger partial charge in [-0.1, -0.05) is 26.2 Å². The molecule has 1 aliphatic heterocycles. The molecule has 0 spiro atoms. The molecule has 99 valence electrons. The van der Waals surface area contributed by atoms with Gasteiger partial charge in [0.15, 0.2) is 0 Å². The Morgan fingerprint density at radius 2 is 1.75 bits per heavy atom. The zero-order valence-electron chi connectivity index (χ0n) is 9.78. The number of halogens is 3. The van der Waals surface area contributed by atoms with Crippen molar-refractivity contribution < 1.29 is 11.2 Å². The van der Waals surface area contributed by atoms with Gasteiger partial charge < -0.3 is 9.80 Å². The molecule has 0 N–H and O–H groups in total. The monoisotopic (exact) mass is 329 g/mol. The third kappa shape index (κ3) is 11.2. The molecule has 1 rings (SSSR count). The maximum atomic E-state index is 4.89. The Labute approximate surface area is 116 Å². The molecule has 16 heavy (non-hydrogen) atoms. The van der Waals surface area contributed by atoms with Crippen LogP contribution in [0.3, 0.4) is 0 Å². The Hall–Kier alpha value is 0.729. The Morgan fingerprint density at radius 3 is 2.19 bits per heavy atom. The average molecular weight is 330 g/mol. The molecule has 0 unspecified atom stereocenters. The van der Waals surface area contributed by atoms with Gasteiger partial charge in [0.1, 0.15) is 0 Å². The van der Waals surface area contributed by atoms with E-state index in [0.717, 1.165) is 6.67 Å². The van der Waals surface area contributed by atoms with Crippen LogP contribution in [0.25, 0.3) is 0 Å². The van der Waals surface area contributed by atoms with Crippen molar-refractivity contribution in [3.05, 3.63) is 12.4 Å². The van der Waals surface area contributed by atoms with Gasteiger partial charge in [0, 0.05) is 26.0 Å². The van der Waals surface area contributed by atoms with Gasteiger partial charge >= 0.3 is 41.5 Å². The molecule has 6 heteroatoms. The van der Waals surface area contributed by atoms with E-state index in [0.29, 0.717) is 0 Å². The molecule has 0 aliphatic carbocycles. The van der Waals surface area contributed by atoms with Crippen molar-refractivity contribution in [1.29, 1.82) is 0 Å². The van der Waals surface area contributed by atoms with Gasteiger partial charge in [-0.2, -0.15) is 0 Å². The van der Waals surface area contributed by atoms with Gasteiger partial charge in [-0.25, -0.2) is 0 Å². The van der Waals surface area contributed by atoms with E-state index in [1.165, 1.54) is 32.2 Å². The third-order valence-electron chi connectivity index (χ3n) is 2.24. The molecule has 1 aliphatic rings. The fraction of sp³-hybridized carbons (Fsp3) is 0.800. The summed E-state index contributed by atoms with van der Waals surface area (Å²) >= 11 is -1.33. The minimum atomic E-state index is -1.33. The second kappa shape index (κ2) is 10.9. The quantitative estimate of drug-likeness (QED) is 0.547. The van der Waals surface area contributed by atoms with E-state index in [9.17, 15) is 0 Å². The van der Waals surface area contributed by atoms with Crippen molar-refractivity contribution in [2.45, 2.75) is 32.6 Å². The molecule has 0 aromatic rings. The Morgan fingerprint density at radius 1 is 1.12 bits per heavy atom. The topological polar surface area (TPSA) is 6.48 Å². The molecule has 0 saturated heterocycles. The van der Waals surface area contributed by atoms with E-state index >= 15 is 0 Å². The molecular formula is C10H20Cl3FeN2. The molecular weight excluding hydrogens is 310 g/mol. The van der Waals surface area contributed by atoms with Crippen LogP contribution in [0.2, 0.25) is 0 Å². The zero-order chi connectivity index (χ0) is 12.4. The summed E-state index contributed by atoms with van der Waals surface area (Å²) in [7, 11) is 16.8. The summed E-state index contributed by atoms with van der Waals surface area (Å²) in [4.78, 5) is 4.58. The molecule has 0 fully saturated rings. The third-order valence-corrected chi connectivity index (χ3v) is 2.24. The predicted octanol–water partition coefficient (Wildman–Crippen LogP) is 4.31. The summed E-state index contributed by atoms with van der Waals surface area (Å²) in [5.74, 6) is 0. The summed E-state index contributed by atoms with van der Waals surface area (Å²) in [6, 6.07) is 0. The first-order valence-electron chi connectivity index (χ1n) is 5.35. The van der Waals surface area contributed by atoms with Crippen molar-refractivity contribution in [3.63, 3.8) is 0 Å². The van der Waals surface area contributed by atoms with Crippen LogP contribution in [0.5, 0.6) is 0 Å². The fourth-order valence-corrected chi connectivity index (χ4v) is 1.48. The molecule has 0 bridgehead atoms. The Bertz CT molecular complexity index is 188. The van der Waals surface area contributed by atoms with Gasteiger partial charge in [-0.3, -0.25) is 0 Å². The molecule has 0 aromatic carbocycles. The van der Waals surface area contributed by atoms with Crippen molar-refractivity contribution >= 4 is 30.3 Å². The Balaban J connectivity index is 0.000000487. The Kier molecular flexibility index (Phi) is 11.4. The first-order chi connectivity index (χ1) is 7.56. The van der Waals surface area contributed by atoms with E-state index in [4.69, 9.17) is 30.3 Å². The molecule has 0 atom stereocenters. The van der Waals surface area contributed by atoms with E-state index < -0.39 is 11.2 Å². The molecule has 0 aromatic heterocycles. The maximum absolute atomic E-state index is 4.89. The van der Waals surface area contributed by atoms with Crippen LogP contribution in [0.4, 0.5) is 0 Å². The average Bonchev–Trinajstić information content (AvgIpc) is 2.58. The van der Waals surface area contributed by atoms with Crippen LogP contribution in [-0.4, -0.2) is 30.1 Å². The SMILES string of the molecule is CCCCCCN1C=CN(C)C1.[Cl][Fe]([Cl])[Cl]. The number of unbranched alkanes of at least 4 members (excludes halogenated alkanes) is 3. The van der Waals surface area contributed by atoms with Gasteiger partial charge in [-0.05, 0) is 6.42 Å². The molecule has 1 heterocycles. The summed E-state index contributed by atoms with van der Waals surface area (Å²) < 4.78 is 0. The van der Waals surface area contributed by atoms with Gasteiger partial charge in [0.05, 0.1) is 6.67 Å². The van der Waals surface area contributed by atoms with Crippen molar-refractivity contribution in [2.24, 2.45) is 0 Å². The van der Waals surface area contributed by atoms with Crippen LogP contribution in [0, 0.1) is 0 Å². The van der Waals surface area contributed by atoms with Crippen molar-refractivity contribution in [2.75, 3.05) is 20.3 Å². The van der Waals surface area contributed by atoms with Crippen LogP contribution >= 0.6 is 30.3 Å². The predicted molar refractivity (Wildman–Crippen MR) is 70.2 cm³/mol. The molecule has 0 saturated carbocycles. The molecule has 0 amide bonds. The van der Waals surface area contributed by atoms with Crippen LogP contribution in [-0.2, 0) is 11.2 Å². The van der Waals surface area contributed by atoms with Gasteiger partial charge in [0.2, 0.25) is 0 Å². The van der Waals surface area contributed by atoms with Crippen LogP contribution in [0.15, 0.2) is 12.4 Å². The van der Waals surface area contributed by atoms with Crippen LogP contribution in [0.1, 0.15) is 32.6 Å². The van der Waals surface area contributed by atoms with Crippen LogP contribution < -0.4 is 0 Å². The van der Waals surface area contributed by atoms with Gasteiger partial charge in [-0.15, -0.1) is 0 Å². The summed E-state index contributed by atoms with van der Waals surface area (Å²) in [6.45, 7) is 4.55. The normalized spacial score (nSPS) is 14.9. The summed E-state index contributed by atoms with van der Waals surface area (Å²) in [5.41, 5.74) is 0. The number of rotatable bonds is 5. The zero-order valence-corrected chi connectivity index (χ0v) is 13.2. The van der Waals surface area contributed by atoms with E-state index in [2.05, 4.69) is 36.2 Å². The molecule has 2 nitrogen and oxygen atoms in total. The second-order valence-electron chi connectivity index (χ2n) is 3.72. The second-order valence-corrected chi connectivity index (χ2v) is 9.19. The van der Waals surface area contributed by atoms with E-state index in [-0.39, 0.29) is 0 Å². The number of hydrogen-bond acceptors (Lipinski definition) is 2. The summed E-state index contributed by atoms with van der Waals surface area (Å²) in [5, 5.41) is 0. The standard InChI is InChI=1S/C10H20N2.3ClH.Fe/c1-3-4-5-6-7-12-9-8-11(2)10-12;;;;/h8-9H,3-7,10H2,1-2H3;3*1H;/q;;;;+3/p-3. The first-order valence-corrected chi connectivity index (χ1v) is 9.91. The van der Waals surface area contributed by atoms with Crippen molar-refractivity contribution in [3.8, 4) is 0 Å². The number of nitrogens with zero attached hydrogens (tertiary/aromatic N) is 2. The van der Waals surface area contributed by atoms with E-state index in [1.807, 2.05) is 0 Å². The minimum absolute atomic E-state index is 1.08. The molecule has 0 radical (unpaired) electrons. The van der Waals surface area contributed by atoms with Gasteiger partial charge in [0.25, 0.3) is 0 Å². The summed E-state index contributed by atoms with van der Waals surface area (Å²) in [6.07, 6.45) is 9.76. The first kappa shape index (κ1) is 16.7. The van der Waals surface area contributed by atoms with Crippen molar-refractivity contribution in [1.82, 2.24) is 9.80 Å².